The number of fused-ring (bicyclic) bond motifs is 1. The summed E-state index contributed by atoms with van der Waals surface area (Å²) in [6.45, 7) is 0.288. The summed E-state index contributed by atoms with van der Waals surface area (Å²) in [5.41, 5.74) is 7.80. The zero-order chi connectivity index (χ0) is 18.0. The molecule has 0 bridgehead atoms. The van der Waals surface area contributed by atoms with Gasteiger partial charge in [0.2, 0.25) is 5.91 Å². The summed E-state index contributed by atoms with van der Waals surface area (Å²) in [5.74, 6) is -3.42. The van der Waals surface area contributed by atoms with Gasteiger partial charge in [-0.1, -0.05) is 36.0 Å². The number of rotatable bonds is 4. The van der Waals surface area contributed by atoms with Gasteiger partial charge in [-0.3, -0.25) is 9.59 Å². The van der Waals surface area contributed by atoms with E-state index in [0.717, 1.165) is 11.1 Å². The van der Waals surface area contributed by atoms with Crippen LogP contribution in [0.5, 0.6) is 0 Å². The minimum Gasteiger partial charge on any atom is -0.368 e. The van der Waals surface area contributed by atoms with Gasteiger partial charge in [0, 0.05) is 23.4 Å². The molecule has 1 heterocycles. The summed E-state index contributed by atoms with van der Waals surface area (Å²) in [5, 5.41) is 0. The molecule has 7 heteroatoms. The lowest BCUT2D eigenvalue weighted by atomic mass is 9.93. The van der Waals surface area contributed by atoms with E-state index in [9.17, 15) is 18.4 Å². The van der Waals surface area contributed by atoms with Gasteiger partial charge in [0.25, 0.3) is 11.7 Å². The average Bonchev–Trinajstić information content (AvgIpc) is 2.60. The molecule has 0 spiro atoms. The van der Waals surface area contributed by atoms with Crippen molar-refractivity contribution in [2.24, 2.45) is 5.73 Å². The standard InChI is InChI=1S/C18H16F2N2O2S/c19-18(20)25-14-7-5-11(6-8-14)17(24)22-10-13-4-2-1-3-12(13)9-15(22)16(21)23/h1-8,15,18H,9-10H2,(H2,21,23)/t15-/m1/s1. The number of benzene rings is 2. The molecule has 2 N–H and O–H groups in total. The molecule has 0 aliphatic carbocycles. The number of hydrogen-bond acceptors (Lipinski definition) is 3. The summed E-state index contributed by atoms with van der Waals surface area (Å²) in [6, 6.07) is 12.8. The van der Waals surface area contributed by atoms with E-state index < -0.39 is 17.7 Å². The first-order valence-electron chi connectivity index (χ1n) is 7.67. The van der Waals surface area contributed by atoms with Crippen LogP contribution in [0.1, 0.15) is 21.5 Å². The Labute approximate surface area is 148 Å². The second-order valence-corrected chi connectivity index (χ2v) is 6.79. The number of carbonyl (C=O) groups is 2. The Bertz CT molecular complexity index is 796. The van der Waals surface area contributed by atoms with Crippen molar-refractivity contribution in [3.63, 3.8) is 0 Å². The maximum atomic E-state index is 12.8. The van der Waals surface area contributed by atoms with E-state index in [1.807, 2.05) is 24.3 Å². The van der Waals surface area contributed by atoms with E-state index in [1.54, 1.807) is 0 Å². The van der Waals surface area contributed by atoms with E-state index in [0.29, 0.717) is 28.6 Å². The molecule has 25 heavy (non-hydrogen) atoms. The third kappa shape index (κ3) is 3.82. The van der Waals surface area contributed by atoms with Crippen LogP contribution >= 0.6 is 11.8 Å². The number of halogens is 2. The number of hydrogen-bond donors (Lipinski definition) is 1. The number of nitrogens with two attached hydrogens (primary N) is 1. The number of amides is 2. The SMILES string of the molecule is NC(=O)[C@H]1Cc2ccccc2CN1C(=O)c1ccc(SC(F)F)cc1. The monoisotopic (exact) mass is 362 g/mol. The largest absolute Gasteiger partial charge is 0.368 e. The Morgan fingerprint density at radius 2 is 1.72 bits per heavy atom. The molecule has 130 valence electrons. The van der Waals surface area contributed by atoms with Crippen LogP contribution in [0.25, 0.3) is 0 Å². The zero-order valence-corrected chi connectivity index (χ0v) is 14.0. The van der Waals surface area contributed by atoms with Gasteiger partial charge in [-0.15, -0.1) is 0 Å². The Kier molecular flexibility index (Phi) is 5.03. The third-order valence-corrected chi connectivity index (χ3v) is 4.89. The van der Waals surface area contributed by atoms with Crippen LogP contribution in [0, 0.1) is 0 Å². The van der Waals surface area contributed by atoms with E-state index >= 15 is 0 Å². The number of primary amides is 1. The summed E-state index contributed by atoms with van der Waals surface area (Å²) in [6.07, 6.45) is 0.372. The molecular formula is C18H16F2N2O2S. The topological polar surface area (TPSA) is 63.4 Å². The van der Waals surface area contributed by atoms with E-state index in [4.69, 9.17) is 5.73 Å². The van der Waals surface area contributed by atoms with E-state index in [1.165, 1.54) is 29.2 Å². The fourth-order valence-corrected chi connectivity index (χ4v) is 3.43. The summed E-state index contributed by atoms with van der Waals surface area (Å²) >= 11 is 0.418. The average molecular weight is 362 g/mol. The number of nitrogens with zero attached hydrogens (tertiary/aromatic N) is 1. The Balaban J connectivity index is 1.85. The smallest absolute Gasteiger partial charge is 0.288 e. The highest BCUT2D eigenvalue weighted by molar-refractivity contribution is 7.99. The molecule has 0 saturated carbocycles. The molecular weight excluding hydrogens is 346 g/mol. The van der Waals surface area contributed by atoms with Crippen LogP contribution in [-0.2, 0) is 17.8 Å². The number of alkyl halides is 2. The van der Waals surface area contributed by atoms with Gasteiger partial charge < -0.3 is 10.6 Å². The molecule has 0 saturated heterocycles. The van der Waals surface area contributed by atoms with Gasteiger partial charge in [-0.25, -0.2) is 0 Å². The first-order valence-corrected chi connectivity index (χ1v) is 8.55. The van der Waals surface area contributed by atoms with Gasteiger partial charge in [0.15, 0.2) is 0 Å². The number of thioether (sulfide) groups is 1. The molecule has 4 nitrogen and oxygen atoms in total. The van der Waals surface area contributed by atoms with Gasteiger partial charge >= 0.3 is 0 Å². The number of carbonyl (C=O) groups excluding carboxylic acids is 2. The van der Waals surface area contributed by atoms with Crippen LogP contribution in [0.15, 0.2) is 53.4 Å². The molecule has 1 aliphatic rings. The second-order valence-electron chi connectivity index (χ2n) is 5.73. The molecule has 1 atom stereocenters. The lowest BCUT2D eigenvalue weighted by Crippen LogP contribution is -2.51. The van der Waals surface area contributed by atoms with Crippen LogP contribution in [-0.4, -0.2) is 28.5 Å². The lowest BCUT2D eigenvalue weighted by molar-refractivity contribution is -0.122. The molecule has 2 aromatic rings. The third-order valence-electron chi connectivity index (χ3n) is 4.16. The van der Waals surface area contributed by atoms with Crippen molar-refractivity contribution in [2.45, 2.75) is 29.7 Å². The Morgan fingerprint density at radius 3 is 2.32 bits per heavy atom. The summed E-state index contributed by atoms with van der Waals surface area (Å²) in [4.78, 5) is 26.5. The molecule has 0 aromatic heterocycles. The summed E-state index contributed by atoms with van der Waals surface area (Å²) in [7, 11) is 0. The maximum absolute atomic E-state index is 12.8. The highest BCUT2D eigenvalue weighted by atomic mass is 32.2. The van der Waals surface area contributed by atoms with Gasteiger partial charge in [-0.05, 0) is 35.4 Å². The van der Waals surface area contributed by atoms with Crippen LogP contribution in [0.3, 0.4) is 0 Å². The van der Waals surface area contributed by atoms with E-state index in [2.05, 4.69) is 0 Å². The zero-order valence-electron chi connectivity index (χ0n) is 13.2. The minimum atomic E-state index is -2.51. The van der Waals surface area contributed by atoms with Gasteiger partial charge in [-0.2, -0.15) is 8.78 Å². The van der Waals surface area contributed by atoms with Gasteiger partial charge in [0.1, 0.15) is 6.04 Å². The Hall–Kier alpha value is -2.41. The highest BCUT2D eigenvalue weighted by Gasteiger charge is 2.33. The molecule has 0 fully saturated rings. The molecule has 0 unspecified atom stereocenters. The van der Waals surface area contributed by atoms with Crippen molar-refractivity contribution < 1.29 is 18.4 Å². The highest BCUT2D eigenvalue weighted by Crippen LogP contribution is 2.27. The first-order chi connectivity index (χ1) is 12.0. The molecule has 1 aliphatic heterocycles. The van der Waals surface area contributed by atoms with Crippen LogP contribution in [0.2, 0.25) is 0 Å². The molecule has 0 radical (unpaired) electrons. The fraction of sp³-hybridized carbons (Fsp3) is 0.222. The predicted octanol–water partition coefficient (Wildman–Crippen LogP) is 3.05. The van der Waals surface area contributed by atoms with Crippen molar-refractivity contribution in [3.8, 4) is 0 Å². The lowest BCUT2D eigenvalue weighted by Gasteiger charge is -2.35. The minimum absolute atomic E-state index is 0.288. The van der Waals surface area contributed by atoms with Crippen molar-refractivity contribution in [1.29, 1.82) is 0 Å². The molecule has 3 rings (SSSR count). The first kappa shape index (κ1) is 17.4. The molecule has 2 aromatic carbocycles. The van der Waals surface area contributed by atoms with E-state index in [-0.39, 0.29) is 12.5 Å². The van der Waals surface area contributed by atoms with Crippen molar-refractivity contribution >= 4 is 23.6 Å². The predicted molar refractivity (Wildman–Crippen MR) is 91.3 cm³/mol. The van der Waals surface area contributed by atoms with Gasteiger partial charge in [0.05, 0.1) is 0 Å². The van der Waals surface area contributed by atoms with Crippen LogP contribution in [0.4, 0.5) is 8.78 Å². The van der Waals surface area contributed by atoms with Crippen molar-refractivity contribution in [2.75, 3.05) is 0 Å². The van der Waals surface area contributed by atoms with Crippen molar-refractivity contribution in [3.05, 3.63) is 65.2 Å². The maximum Gasteiger partial charge on any atom is 0.288 e. The summed E-state index contributed by atoms with van der Waals surface area (Å²) < 4.78 is 24.8. The van der Waals surface area contributed by atoms with Crippen molar-refractivity contribution in [1.82, 2.24) is 4.90 Å². The molecule has 2 amide bonds. The normalized spacial score (nSPS) is 16.6. The Morgan fingerprint density at radius 1 is 1.08 bits per heavy atom. The second kappa shape index (κ2) is 7.23. The fourth-order valence-electron chi connectivity index (χ4n) is 2.94. The quantitative estimate of drug-likeness (QED) is 0.851. The van der Waals surface area contributed by atoms with Crippen LogP contribution < -0.4 is 5.73 Å².